The van der Waals surface area contributed by atoms with Crippen molar-refractivity contribution in [3.63, 3.8) is 0 Å². The Balaban J connectivity index is 2.11. The second kappa shape index (κ2) is 7.21. The number of benzene rings is 2. The predicted octanol–water partition coefficient (Wildman–Crippen LogP) is 4.79. The Labute approximate surface area is 142 Å². The molecule has 1 aliphatic rings. The van der Waals surface area contributed by atoms with Crippen LogP contribution in [0.4, 0.5) is 16.2 Å². The smallest absolute Gasteiger partial charge is 0.326 e. The lowest BCUT2D eigenvalue weighted by atomic mass is 10.1. The summed E-state index contributed by atoms with van der Waals surface area (Å²) in [6, 6.07) is 15.6. The largest absolute Gasteiger partial charge is 0.496 e. The number of urea groups is 1. The fraction of sp³-hybridized carbons (Fsp3) is 0.250. The lowest BCUT2D eigenvalue weighted by molar-refractivity contribution is 0.248. The molecule has 0 saturated heterocycles. The summed E-state index contributed by atoms with van der Waals surface area (Å²) in [6.45, 7) is 2.78. The molecule has 3 rings (SSSR count). The molecule has 1 N–H and O–H groups in total. The number of para-hydroxylation sites is 2. The van der Waals surface area contributed by atoms with Gasteiger partial charge in [0.1, 0.15) is 5.76 Å². The summed E-state index contributed by atoms with van der Waals surface area (Å²) in [5, 5.41) is 3.02. The first kappa shape index (κ1) is 16.1. The van der Waals surface area contributed by atoms with Gasteiger partial charge >= 0.3 is 6.03 Å². The van der Waals surface area contributed by atoms with Gasteiger partial charge in [-0.3, -0.25) is 4.90 Å². The van der Waals surface area contributed by atoms with E-state index in [4.69, 9.17) is 4.74 Å². The number of ether oxygens (including phenoxy) is 1. The van der Waals surface area contributed by atoms with Gasteiger partial charge in [-0.15, -0.1) is 0 Å². The first-order valence-electron chi connectivity index (χ1n) is 8.28. The van der Waals surface area contributed by atoms with E-state index in [1.165, 1.54) is 0 Å². The van der Waals surface area contributed by atoms with Gasteiger partial charge in [0.15, 0.2) is 0 Å². The first-order chi connectivity index (χ1) is 11.8. The van der Waals surface area contributed by atoms with Crippen molar-refractivity contribution in [3.8, 4) is 0 Å². The number of carbonyl (C=O) groups is 1. The van der Waals surface area contributed by atoms with Crippen molar-refractivity contribution in [1.29, 1.82) is 0 Å². The maximum atomic E-state index is 12.9. The minimum absolute atomic E-state index is 0.117. The van der Waals surface area contributed by atoms with E-state index < -0.39 is 0 Å². The fourth-order valence-electron chi connectivity index (χ4n) is 2.88. The van der Waals surface area contributed by atoms with Crippen LogP contribution in [-0.2, 0) is 4.74 Å². The molecule has 0 saturated carbocycles. The average Bonchev–Trinajstić information content (AvgIpc) is 2.76. The third kappa shape index (κ3) is 3.00. The molecule has 0 spiro atoms. The van der Waals surface area contributed by atoms with Gasteiger partial charge in [-0.25, -0.2) is 4.79 Å². The van der Waals surface area contributed by atoms with E-state index in [0.717, 1.165) is 41.1 Å². The summed E-state index contributed by atoms with van der Waals surface area (Å²) in [6.07, 6.45) is 3.99. The molecule has 24 heavy (non-hydrogen) atoms. The number of amides is 2. The minimum atomic E-state index is -0.117. The number of unbranched alkanes of at least 4 members (excludes halogenated alkanes) is 1. The third-order valence-corrected chi connectivity index (χ3v) is 4.10. The summed E-state index contributed by atoms with van der Waals surface area (Å²) in [5.74, 6) is 0.752. The van der Waals surface area contributed by atoms with Crippen molar-refractivity contribution >= 4 is 29.2 Å². The number of nitrogens with zero attached hydrogens (tertiary/aromatic N) is 1. The molecular formula is C20H22N2O2. The monoisotopic (exact) mass is 322 g/mol. The Bertz CT molecular complexity index is 768. The lowest BCUT2D eigenvalue weighted by Crippen LogP contribution is -2.37. The zero-order chi connectivity index (χ0) is 16.9. The molecular weight excluding hydrogens is 300 g/mol. The third-order valence-electron chi connectivity index (χ3n) is 4.10. The van der Waals surface area contributed by atoms with E-state index in [1.807, 2.05) is 54.6 Å². The topological polar surface area (TPSA) is 41.6 Å². The van der Waals surface area contributed by atoms with Crippen LogP contribution in [0.2, 0.25) is 0 Å². The van der Waals surface area contributed by atoms with Crippen LogP contribution in [0.15, 0.2) is 48.5 Å². The number of anilines is 2. The van der Waals surface area contributed by atoms with Gasteiger partial charge < -0.3 is 10.1 Å². The number of carbonyl (C=O) groups excluding carboxylic acids is 1. The second-order valence-electron chi connectivity index (χ2n) is 5.71. The van der Waals surface area contributed by atoms with Crippen molar-refractivity contribution in [2.75, 3.05) is 18.6 Å². The molecule has 2 aromatic rings. The standard InChI is InChI=1S/C20H22N2O2/c1-3-4-13-21-20(23)22-17-11-7-5-9-15(17)14-19(24-2)16-10-6-8-12-18(16)22/h5-12,14H,3-4,13H2,1-2H3,(H,21,23). The minimum Gasteiger partial charge on any atom is -0.496 e. The van der Waals surface area contributed by atoms with Crippen LogP contribution < -0.4 is 10.2 Å². The van der Waals surface area contributed by atoms with Crippen LogP contribution in [0, 0.1) is 0 Å². The van der Waals surface area contributed by atoms with Crippen LogP contribution in [0.25, 0.3) is 11.8 Å². The molecule has 1 aliphatic heterocycles. The molecule has 124 valence electrons. The van der Waals surface area contributed by atoms with Crippen LogP contribution in [0.3, 0.4) is 0 Å². The summed E-state index contributed by atoms with van der Waals surface area (Å²) in [4.78, 5) is 14.6. The number of rotatable bonds is 4. The van der Waals surface area contributed by atoms with Crippen LogP contribution in [0.1, 0.15) is 30.9 Å². The highest BCUT2D eigenvalue weighted by Gasteiger charge is 2.26. The van der Waals surface area contributed by atoms with Gasteiger partial charge in [-0.2, -0.15) is 0 Å². The van der Waals surface area contributed by atoms with Gasteiger partial charge in [0.2, 0.25) is 0 Å². The van der Waals surface area contributed by atoms with Crippen molar-refractivity contribution in [2.24, 2.45) is 0 Å². The van der Waals surface area contributed by atoms with Crippen molar-refractivity contribution in [1.82, 2.24) is 5.32 Å². The quantitative estimate of drug-likeness (QED) is 0.822. The molecule has 0 unspecified atom stereocenters. The summed E-state index contributed by atoms with van der Waals surface area (Å²) >= 11 is 0. The second-order valence-corrected chi connectivity index (χ2v) is 5.71. The number of methoxy groups -OCH3 is 1. The van der Waals surface area contributed by atoms with Crippen molar-refractivity contribution in [2.45, 2.75) is 19.8 Å². The number of hydrogen-bond donors (Lipinski definition) is 1. The van der Waals surface area contributed by atoms with E-state index in [2.05, 4.69) is 12.2 Å². The lowest BCUT2D eigenvalue weighted by Gasteiger charge is -2.25. The number of fused-ring (bicyclic) bond motifs is 2. The van der Waals surface area contributed by atoms with E-state index in [0.29, 0.717) is 6.54 Å². The SMILES string of the molecule is CCCCNC(=O)N1c2ccccc2C=C(OC)c2ccccc21. The molecule has 0 atom stereocenters. The Morgan fingerprint density at radius 2 is 1.79 bits per heavy atom. The van der Waals surface area contributed by atoms with Gasteiger partial charge in [-0.05, 0) is 30.7 Å². The maximum Gasteiger partial charge on any atom is 0.326 e. The van der Waals surface area contributed by atoms with Crippen molar-refractivity contribution < 1.29 is 9.53 Å². The Morgan fingerprint density at radius 1 is 1.08 bits per heavy atom. The molecule has 0 bridgehead atoms. The molecule has 0 aromatic heterocycles. The molecule has 0 aliphatic carbocycles. The van der Waals surface area contributed by atoms with E-state index in [-0.39, 0.29) is 6.03 Å². The van der Waals surface area contributed by atoms with Gasteiger partial charge in [0.05, 0.1) is 18.5 Å². The molecule has 0 fully saturated rings. The van der Waals surface area contributed by atoms with Crippen LogP contribution in [-0.4, -0.2) is 19.7 Å². The summed E-state index contributed by atoms with van der Waals surface area (Å²) in [5.41, 5.74) is 3.54. The average molecular weight is 322 g/mol. The highest BCUT2D eigenvalue weighted by molar-refractivity contribution is 6.06. The molecule has 4 nitrogen and oxygen atoms in total. The zero-order valence-corrected chi connectivity index (χ0v) is 14.1. The molecule has 2 aromatic carbocycles. The number of hydrogen-bond acceptors (Lipinski definition) is 2. The highest BCUT2D eigenvalue weighted by Crippen LogP contribution is 2.39. The molecule has 2 amide bonds. The fourth-order valence-corrected chi connectivity index (χ4v) is 2.88. The van der Waals surface area contributed by atoms with Crippen molar-refractivity contribution in [3.05, 3.63) is 59.7 Å². The highest BCUT2D eigenvalue weighted by atomic mass is 16.5. The molecule has 4 heteroatoms. The van der Waals surface area contributed by atoms with E-state index in [9.17, 15) is 4.79 Å². The number of nitrogens with one attached hydrogen (secondary N) is 1. The Kier molecular flexibility index (Phi) is 4.85. The Hall–Kier alpha value is -2.75. The summed E-state index contributed by atoms with van der Waals surface area (Å²) in [7, 11) is 1.65. The summed E-state index contributed by atoms with van der Waals surface area (Å²) < 4.78 is 5.58. The van der Waals surface area contributed by atoms with Gasteiger partial charge in [0, 0.05) is 17.7 Å². The van der Waals surface area contributed by atoms with Crippen LogP contribution >= 0.6 is 0 Å². The molecule has 0 radical (unpaired) electrons. The normalized spacial score (nSPS) is 12.6. The van der Waals surface area contributed by atoms with E-state index >= 15 is 0 Å². The van der Waals surface area contributed by atoms with E-state index in [1.54, 1.807) is 12.0 Å². The van der Waals surface area contributed by atoms with Gasteiger partial charge in [-0.1, -0.05) is 43.7 Å². The van der Waals surface area contributed by atoms with Crippen LogP contribution in [0.5, 0.6) is 0 Å². The first-order valence-corrected chi connectivity index (χ1v) is 8.28. The predicted molar refractivity (Wildman–Crippen MR) is 98.2 cm³/mol. The maximum absolute atomic E-state index is 12.9. The van der Waals surface area contributed by atoms with Gasteiger partial charge in [0.25, 0.3) is 0 Å². The molecule has 1 heterocycles. The Morgan fingerprint density at radius 3 is 2.54 bits per heavy atom. The zero-order valence-electron chi connectivity index (χ0n) is 14.1.